The number of hydrogen-bond donors (Lipinski definition) is 0. The SMILES string of the molecule is CCC(=O)N(Cc1csc(COc2ccccc2C)n1)C(C)CC. The van der Waals surface area contributed by atoms with Gasteiger partial charge in [-0.25, -0.2) is 4.98 Å². The minimum atomic E-state index is 0.176. The quantitative estimate of drug-likeness (QED) is 0.703. The first-order valence-electron chi connectivity index (χ1n) is 8.46. The van der Waals surface area contributed by atoms with Crippen molar-refractivity contribution in [1.29, 1.82) is 0 Å². The molecule has 1 aromatic carbocycles. The number of hydrogen-bond acceptors (Lipinski definition) is 4. The molecule has 0 spiro atoms. The number of aromatic nitrogens is 1. The topological polar surface area (TPSA) is 42.4 Å². The molecule has 130 valence electrons. The molecular weight excluding hydrogens is 320 g/mol. The molecule has 0 bridgehead atoms. The lowest BCUT2D eigenvalue weighted by molar-refractivity contribution is -0.133. The maximum absolute atomic E-state index is 12.1. The summed E-state index contributed by atoms with van der Waals surface area (Å²) < 4.78 is 5.85. The second-order valence-corrected chi connectivity index (χ2v) is 6.86. The molecule has 0 radical (unpaired) electrons. The fraction of sp³-hybridized carbons (Fsp3) is 0.474. The number of nitrogens with zero attached hydrogens (tertiary/aromatic N) is 2. The highest BCUT2D eigenvalue weighted by Gasteiger charge is 2.19. The van der Waals surface area contributed by atoms with Crippen LogP contribution in [-0.2, 0) is 17.9 Å². The van der Waals surface area contributed by atoms with Gasteiger partial charge in [0.25, 0.3) is 0 Å². The first-order valence-corrected chi connectivity index (χ1v) is 9.34. The molecule has 1 heterocycles. The van der Waals surface area contributed by atoms with Gasteiger partial charge in [0, 0.05) is 17.8 Å². The summed E-state index contributed by atoms with van der Waals surface area (Å²) >= 11 is 1.58. The molecule has 5 heteroatoms. The summed E-state index contributed by atoms with van der Waals surface area (Å²) in [5.74, 6) is 1.06. The van der Waals surface area contributed by atoms with Gasteiger partial charge in [0.2, 0.25) is 5.91 Å². The summed E-state index contributed by atoms with van der Waals surface area (Å²) in [7, 11) is 0. The van der Waals surface area contributed by atoms with Gasteiger partial charge in [0.15, 0.2) is 0 Å². The molecule has 0 aliphatic rings. The van der Waals surface area contributed by atoms with Gasteiger partial charge >= 0.3 is 0 Å². The Morgan fingerprint density at radius 2 is 2.08 bits per heavy atom. The second kappa shape index (κ2) is 8.83. The molecule has 0 saturated carbocycles. The predicted molar refractivity (Wildman–Crippen MR) is 98.2 cm³/mol. The second-order valence-electron chi connectivity index (χ2n) is 5.92. The van der Waals surface area contributed by atoms with Crippen LogP contribution in [0.15, 0.2) is 29.6 Å². The fourth-order valence-corrected chi connectivity index (χ4v) is 3.13. The predicted octanol–water partition coefficient (Wildman–Crippen LogP) is 4.57. The Morgan fingerprint density at radius 1 is 1.33 bits per heavy atom. The Hall–Kier alpha value is -1.88. The molecule has 0 aliphatic carbocycles. The minimum absolute atomic E-state index is 0.176. The summed E-state index contributed by atoms with van der Waals surface area (Å²) in [4.78, 5) is 18.7. The third-order valence-corrected chi connectivity index (χ3v) is 4.99. The van der Waals surface area contributed by atoms with E-state index in [-0.39, 0.29) is 11.9 Å². The zero-order valence-electron chi connectivity index (χ0n) is 14.9. The summed E-state index contributed by atoms with van der Waals surface area (Å²) in [6.07, 6.45) is 1.47. The molecule has 24 heavy (non-hydrogen) atoms. The van der Waals surface area contributed by atoms with Crippen LogP contribution in [0.3, 0.4) is 0 Å². The zero-order valence-corrected chi connectivity index (χ0v) is 15.7. The molecule has 2 rings (SSSR count). The van der Waals surface area contributed by atoms with Crippen LogP contribution < -0.4 is 4.74 Å². The molecule has 1 unspecified atom stereocenters. The standard InChI is InChI=1S/C19H26N2O2S/c1-5-15(4)21(19(22)6-2)11-16-13-24-18(20-16)12-23-17-10-8-7-9-14(17)3/h7-10,13,15H,5-6,11-12H2,1-4H3. The van der Waals surface area contributed by atoms with Gasteiger partial charge in [-0.3, -0.25) is 4.79 Å². The third-order valence-electron chi connectivity index (χ3n) is 4.12. The van der Waals surface area contributed by atoms with Crippen molar-refractivity contribution in [2.45, 2.75) is 59.7 Å². The Labute approximate surface area is 148 Å². The molecule has 0 aliphatic heterocycles. The number of aryl methyl sites for hydroxylation is 1. The van der Waals surface area contributed by atoms with Crippen LogP contribution in [0.4, 0.5) is 0 Å². The van der Waals surface area contributed by atoms with Gasteiger partial charge in [0.05, 0.1) is 12.2 Å². The van der Waals surface area contributed by atoms with Crippen molar-refractivity contribution in [3.63, 3.8) is 0 Å². The van der Waals surface area contributed by atoms with E-state index in [1.165, 1.54) is 0 Å². The molecule has 1 atom stereocenters. The number of para-hydroxylation sites is 1. The van der Waals surface area contributed by atoms with Crippen LogP contribution >= 0.6 is 11.3 Å². The maximum atomic E-state index is 12.1. The van der Waals surface area contributed by atoms with E-state index in [0.717, 1.165) is 28.4 Å². The number of thiazole rings is 1. The summed E-state index contributed by atoms with van der Waals surface area (Å²) in [6.45, 7) is 9.15. The molecule has 4 nitrogen and oxygen atoms in total. The van der Waals surface area contributed by atoms with Gasteiger partial charge in [-0.05, 0) is 31.9 Å². The molecule has 1 amide bonds. The molecule has 0 fully saturated rings. The van der Waals surface area contributed by atoms with Crippen LogP contribution in [0.1, 0.15) is 49.9 Å². The summed E-state index contributed by atoms with van der Waals surface area (Å²) in [5, 5.41) is 2.95. The van der Waals surface area contributed by atoms with Gasteiger partial charge in [-0.15, -0.1) is 11.3 Å². The highest BCUT2D eigenvalue weighted by atomic mass is 32.1. The van der Waals surface area contributed by atoms with E-state index >= 15 is 0 Å². The van der Waals surface area contributed by atoms with Crippen LogP contribution in [0.2, 0.25) is 0 Å². The van der Waals surface area contributed by atoms with Crippen LogP contribution in [0.25, 0.3) is 0 Å². The van der Waals surface area contributed by atoms with Gasteiger partial charge in [-0.2, -0.15) is 0 Å². The van der Waals surface area contributed by atoms with Crippen LogP contribution in [0.5, 0.6) is 5.75 Å². The zero-order chi connectivity index (χ0) is 17.5. The Bertz CT molecular complexity index is 669. The van der Waals surface area contributed by atoms with Crippen molar-refractivity contribution in [2.24, 2.45) is 0 Å². The molecule has 2 aromatic rings. The Kier molecular flexibility index (Phi) is 6.79. The lowest BCUT2D eigenvalue weighted by atomic mass is 10.2. The monoisotopic (exact) mass is 346 g/mol. The largest absolute Gasteiger partial charge is 0.486 e. The van der Waals surface area contributed by atoms with Gasteiger partial charge in [-0.1, -0.05) is 32.0 Å². The number of carbonyl (C=O) groups excluding carboxylic acids is 1. The highest BCUT2D eigenvalue weighted by Crippen LogP contribution is 2.20. The van der Waals surface area contributed by atoms with E-state index in [1.54, 1.807) is 11.3 Å². The highest BCUT2D eigenvalue weighted by molar-refractivity contribution is 7.09. The smallest absolute Gasteiger partial charge is 0.222 e. The van der Waals surface area contributed by atoms with E-state index in [0.29, 0.717) is 19.6 Å². The lowest BCUT2D eigenvalue weighted by Crippen LogP contribution is -2.37. The summed E-state index contributed by atoms with van der Waals surface area (Å²) in [5.41, 5.74) is 2.05. The molecular formula is C19H26N2O2S. The minimum Gasteiger partial charge on any atom is -0.486 e. The third kappa shape index (κ3) is 4.81. The van der Waals surface area contributed by atoms with E-state index < -0.39 is 0 Å². The lowest BCUT2D eigenvalue weighted by Gasteiger charge is -2.27. The number of benzene rings is 1. The van der Waals surface area contributed by atoms with E-state index in [2.05, 4.69) is 18.8 Å². The first-order chi connectivity index (χ1) is 11.5. The number of carbonyl (C=O) groups is 1. The van der Waals surface area contributed by atoms with E-state index in [4.69, 9.17) is 4.74 Å². The van der Waals surface area contributed by atoms with Crippen molar-refractivity contribution in [3.8, 4) is 5.75 Å². The Morgan fingerprint density at radius 3 is 2.75 bits per heavy atom. The average molecular weight is 346 g/mol. The molecule has 0 saturated heterocycles. The van der Waals surface area contributed by atoms with Crippen LogP contribution in [0, 0.1) is 6.92 Å². The summed E-state index contributed by atoms with van der Waals surface area (Å²) in [6, 6.07) is 8.19. The number of rotatable bonds is 8. The molecule has 0 N–H and O–H groups in total. The van der Waals surface area contributed by atoms with Crippen molar-refractivity contribution in [3.05, 3.63) is 45.9 Å². The molecule has 1 aromatic heterocycles. The Balaban J connectivity index is 1.99. The van der Waals surface area contributed by atoms with Crippen molar-refractivity contribution in [2.75, 3.05) is 0 Å². The normalized spacial score (nSPS) is 12.0. The van der Waals surface area contributed by atoms with Crippen molar-refractivity contribution >= 4 is 17.2 Å². The maximum Gasteiger partial charge on any atom is 0.222 e. The van der Waals surface area contributed by atoms with Crippen molar-refractivity contribution < 1.29 is 9.53 Å². The average Bonchev–Trinajstić information content (AvgIpc) is 3.05. The van der Waals surface area contributed by atoms with Crippen LogP contribution in [-0.4, -0.2) is 21.8 Å². The van der Waals surface area contributed by atoms with Gasteiger partial charge < -0.3 is 9.64 Å². The van der Waals surface area contributed by atoms with E-state index in [1.807, 2.05) is 48.4 Å². The first kappa shape index (κ1) is 18.5. The number of amides is 1. The van der Waals surface area contributed by atoms with E-state index in [9.17, 15) is 4.79 Å². The van der Waals surface area contributed by atoms with Crippen molar-refractivity contribution in [1.82, 2.24) is 9.88 Å². The number of ether oxygens (including phenoxy) is 1. The fourth-order valence-electron chi connectivity index (χ4n) is 2.43. The van der Waals surface area contributed by atoms with Gasteiger partial charge in [0.1, 0.15) is 17.4 Å².